The molecule has 0 spiro atoms. The van der Waals surface area contributed by atoms with E-state index in [0.29, 0.717) is 37.6 Å². The first kappa shape index (κ1) is 24.5. The predicted molar refractivity (Wildman–Crippen MR) is 133 cm³/mol. The van der Waals surface area contributed by atoms with Crippen molar-refractivity contribution in [3.63, 3.8) is 0 Å². The molecule has 0 aliphatic carbocycles. The second-order valence-corrected chi connectivity index (χ2v) is 8.66. The fourth-order valence-corrected chi connectivity index (χ4v) is 4.19. The largest absolute Gasteiger partial charge is 0.442 e. The molecule has 2 aromatic carbocycles. The lowest BCUT2D eigenvalue weighted by Crippen LogP contribution is -2.46. The zero-order chi connectivity index (χ0) is 24.8. The zero-order valence-electron chi connectivity index (χ0n) is 19.8. The van der Waals surface area contributed by atoms with Gasteiger partial charge in [-0.15, -0.1) is 0 Å². The highest BCUT2D eigenvalue weighted by Gasteiger charge is 2.33. The number of hydrogen-bond donors (Lipinski definition) is 2. The van der Waals surface area contributed by atoms with Gasteiger partial charge in [0.1, 0.15) is 11.9 Å². The van der Waals surface area contributed by atoms with E-state index in [1.807, 2.05) is 29.2 Å². The van der Waals surface area contributed by atoms with Crippen LogP contribution in [0.4, 0.5) is 20.6 Å². The molecule has 1 atom stereocenters. The maximum atomic E-state index is 15.0. The summed E-state index contributed by atoms with van der Waals surface area (Å²) in [5.41, 5.74) is 8.65. The molecule has 2 fully saturated rings. The summed E-state index contributed by atoms with van der Waals surface area (Å²) >= 11 is 0. The number of carbonyl (C=O) groups excluding carboxylic acids is 2. The summed E-state index contributed by atoms with van der Waals surface area (Å²) in [6.07, 6.45) is -1.01. The summed E-state index contributed by atoms with van der Waals surface area (Å²) < 4.78 is 20.3. The number of hydrogen-bond acceptors (Lipinski definition) is 6. The normalized spacial score (nSPS) is 18.1. The third-order valence-electron chi connectivity index (χ3n) is 6.11. The van der Waals surface area contributed by atoms with Gasteiger partial charge in [-0.2, -0.15) is 0 Å². The molecular weight excluding hydrogens is 449 g/mol. The zero-order valence-corrected chi connectivity index (χ0v) is 19.8. The lowest BCUT2D eigenvalue weighted by Gasteiger charge is -2.35. The number of nitrogens with one attached hydrogen (secondary N) is 1. The minimum Gasteiger partial charge on any atom is -0.442 e. The fraction of sp³-hybridized carbons (Fsp3) is 0.385. The van der Waals surface area contributed by atoms with E-state index in [9.17, 15) is 14.0 Å². The lowest BCUT2D eigenvalue weighted by molar-refractivity contribution is -0.119. The van der Waals surface area contributed by atoms with Gasteiger partial charge in [-0.1, -0.05) is 24.0 Å². The fourth-order valence-electron chi connectivity index (χ4n) is 4.19. The number of amides is 2. The number of halogens is 1. The molecule has 35 heavy (non-hydrogen) atoms. The quantitative estimate of drug-likeness (QED) is 0.616. The number of piperazine rings is 1. The average molecular weight is 480 g/mol. The smallest absolute Gasteiger partial charge is 0.414 e. The molecule has 0 bridgehead atoms. The molecule has 8 nitrogen and oxygen atoms in total. The van der Waals surface area contributed by atoms with Crippen molar-refractivity contribution in [2.45, 2.75) is 19.6 Å². The molecule has 2 heterocycles. The first-order valence-electron chi connectivity index (χ1n) is 11.7. The number of nitrogens with two attached hydrogens (primary N) is 1. The lowest BCUT2D eigenvalue weighted by atomic mass is 10.1. The number of rotatable bonds is 6. The van der Waals surface area contributed by atoms with Gasteiger partial charge in [-0.05, 0) is 35.9 Å². The molecule has 2 aliphatic heterocycles. The average Bonchev–Trinajstić information content (AvgIpc) is 3.24. The Hall–Kier alpha value is -3.61. The Morgan fingerprint density at radius 1 is 1.20 bits per heavy atom. The molecule has 0 radical (unpaired) electrons. The van der Waals surface area contributed by atoms with Crippen LogP contribution >= 0.6 is 0 Å². The van der Waals surface area contributed by atoms with Crippen molar-refractivity contribution in [1.82, 2.24) is 10.2 Å². The first-order chi connectivity index (χ1) is 16.9. The van der Waals surface area contributed by atoms with Crippen LogP contribution in [-0.2, 0) is 16.1 Å². The van der Waals surface area contributed by atoms with Crippen molar-refractivity contribution in [3.05, 3.63) is 59.4 Å². The molecule has 3 N–H and O–H groups in total. The van der Waals surface area contributed by atoms with Gasteiger partial charge in [0.05, 0.1) is 31.0 Å². The molecule has 4 rings (SSSR count). The molecule has 0 saturated carbocycles. The van der Waals surface area contributed by atoms with Crippen LogP contribution in [0.25, 0.3) is 0 Å². The number of ether oxygens (including phenoxy) is 1. The van der Waals surface area contributed by atoms with E-state index >= 15 is 0 Å². The molecule has 184 valence electrons. The highest BCUT2D eigenvalue weighted by molar-refractivity contribution is 5.90. The van der Waals surface area contributed by atoms with Gasteiger partial charge in [-0.25, -0.2) is 9.18 Å². The Balaban J connectivity index is 1.30. The van der Waals surface area contributed by atoms with E-state index in [-0.39, 0.29) is 24.8 Å². The number of anilines is 2. The molecule has 2 aliphatic rings. The topological polar surface area (TPSA) is 91.1 Å². The minimum absolute atomic E-state index is 0.195. The maximum absolute atomic E-state index is 15.0. The van der Waals surface area contributed by atoms with Gasteiger partial charge >= 0.3 is 6.09 Å². The number of benzene rings is 2. The second-order valence-electron chi connectivity index (χ2n) is 8.66. The highest BCUT2D eigenvalue weighted by atomic mass is 19.1. The van der Waals surface area contributed by atoms with Crippen molar-refractivity contribution >= 4 is 23.4 Å². The Morgan fingerprint density at radius 2 is 2.00 bits per heavy atom. The Labute approximate surface area is 204 Å². The van der Waals surface area contributed by atoms with Crippen LogP contribution in [0, 0.1) is 17.7 Å². The van der Waals surface area contributed by atoms with Gasteiger partial charge in [-0.3, -0.25) is 14.6 Å². The predicted octanol–water partition coefficient (Wildman–Crippen LogP) is 1.92. The van der Waals surface area contributed by atoms with E-state index < -0.39 is 12.2 Å². The minimum atomic E-state index is -0.544. The number of cyclic esters (lactones) is 1. The Bertz CT molecular complexity index is 1140. The monoisotopic (exact) mass is 479 g/mol. The van der Waals surface area contributed by atoms with Gasteiger partial charge < -0.3 is 20.7 Å². The maximum Gasteiger partial charge on any atom is 0.414 e. The summed E-state index contributed by atoms with van der Waals surface area (Å²) in [6, 6.07) is 12.7. The highest BCUT2D eigenvalue weighted by Crippen LogP contribution is 2.28. The number of carbonyl (C=O) groups is 2. The van der Waals surface area contributed by atoms with Crippen LogP contribution in [0.15, 0.2) is 42.5 Å². The molecule has 0 aromatic heterocycles. The van der Waals surface area contributed by atoms with E-state index in [0.717, 1.165) is 24.2 Å². The van der Waals surface area contributed by atoms with Crippen LogP contribution < -0.4 is 20.9 Å². The van der Waals surface area contributed by atoms with Crippen molar-refractivity contribution < 1.29 is 18.7 Å². The Kier molecular flexibility index (Phi) is 7.85. The summed E-state index contributed by atoms with van der Waals surface area (Å²) in [5, 5.41) is 2.63. The summed E-state index contributed by atoms with van der Waals surface area (Å²) in [7, 11) is 0. The molecular formula is C26H30FN5O3. The standard InChI is InChI=1S/C26H30FN5O3/c1-19(33)29-17-23-18-32(26(34)35-23)22-7-8-25(24(27)15-22)31-12-10-30(11-13-31)9-3-6-20-4-2-5-21(14-20)16-28/h2,4-5,7-8,14-15,23H,9-13,16-18,28H2,1H3,(H,29,33)/t23-/m0/s1. The van der Waals surface area contributed by atoms with Gasteiger partial charge in [0.15, 0.2) is 0 Å². The third kappa shape index (κ3) is 6.29. The Morgan fingerprint density at radius 3 is 2.71 bits per heavy atom. The summed E-state index contributed by atoms with van der Waals surface area (Å²) in [6.45, 7) is 5.97. The van der Waals surface area contributed by atoms with Crippen molar-refractivity contribution in [2.24, 2.45) is 5.73 Å². The van der Waals surface area contributed by atoms with Crippen LogP contribution in [0.3, 0.4) is 0 Å². The molecule has 2 saturated heterocycles. The third-order valence-corrected chi connectivity index (χ3v) is 6.11. The van der Waals surface area contributed by atoms with Gasteiger partial charge in [0, 0.05) is 45.2 Å². The van der Waals surface area contributed by atoms with E-state index in [2.05, 4.69) is 22.1 Å². The molecule has 2 amide bonds. The van der Waals surface area contributed by atoms with E-state index in [4.69, 9.17) is 10.5 Å². The van der Waals surface area contributed by atoms with Crippen LogP contribution in [-0.4, -0.2) is 68.8 Å². The first-order valence-corrected chi connectivity index (χ1v) is 11.7. The summed E-state index contributed by atoms with van der Waals surface area (Å²) in [4.78, 5) is 28.9. The van der Waals surface area contributed by atoms with Crippen LogP contribution in [0.1, 0.15) is 18.1 Å². The van der Waals surface area contributed by atoms with E-state index in [1.54, 1.807) is 12.1 Å². The van der Waals surface area contributed by atoms with Crippen LogP contribution in [0.5, 0.6) is 0 Å². The van der Waals surface area contributed by atoms with E-state index in [1.165, 1.54) is 17.9 Å². The van der Waals surface area contributed by atoms with Crippen molar-refractivity contribution in [2.75, 3.05) is 55.6 Å². The molecule has 9 heteroatoms. The van der Waals surface area contributed by atoms with Gasteiger partial charge in [0.25, 0.3) is 0 Å². The molecule has 2 aromatic rings. The summed E-state index contributed by atoms with van der Waals surface area (Å²) in [5.74, 6) is 5.83. The number of nitrogens with zero attached hydrogens (tertiary/aromatic N) is 3. The van der Waals surface area contributed by atoms with Crippen LogP contribution in [0.2, 0.25) is 0 Å². The molecule has 0 unspecified atom stereocenters. The van der Waals surface area contributed by atoms with Crippen molar-refractivity contribution in [1.29, 1.82) is 0 Å². The van der Waals surface area contributed by atoms with Crippen molar-refractivity contribution in [3.8, 4) is 11.8 Å². The second kappa shape index (κ2) is 11.2. The van der Waals surface area contributed by atoms with Gasteiger partial charge in [0.2, 0.25) is 5.91 Å². The SMILES string of the molecule is CC(=O)NC[C@H]1CN(c2ccc(N3CCN(CC#Cc4cccc(CN)c4)CC3)c(F)c2)C(=O)O1.